The van der Waals surface area contributed by atoms with Gasteiger partial charge in [-0.05, 0) is 110 Å². The van der Waals surface area contributed by atoms with Gasteiger partial charge in [0, 0.05) is 55.3 Å². The summed E-state index contributed by atoms with van der Waals surface area (Å²) in [6, 6.07) is 22.5. The average molecular weight is 809 g/mol. The summed E-state index contributed by atoms with van der Waals surface area (Å²) in [7, 11) is 1.70. The second-order valence-corrected chi connectivity index (χ2v) is 16.2. The summed E-state index contributed by atoms with van der Waals surface area (Å²) in [5.41, 5.74) is 6.05. The zero-order valence-corrected chi connectivity index (χ0v) is 34.7. The van der Waals surface area contributed by atoms with E-state index in [4.69, 9.17) is 10.2 Å². The quantitative estimate of drug-likeness (QED) is 0.0733. The SMILES string of the molecule is CCC(CC)N(CCN(C)C(=O)CCC(=O)O)Cc1cccc(C(=O)Nc2sc3c(c2C(=O)Nc2ccc(CCc4ccc(C(=O)O)cc4)cc2)CCCCCC3)c1. The molecule has 4 N–H and O–H groups in total. The molecule has 4 aromatic rings. The molecule has 1 aromatic heterocycles. The molecule has 58 heavy (non-hydrogen) atoms. The van der Waals surface area contributed by atoms with Crippen LogP contribution in [0.4, 0.5) is 10.7 Å². The lowest BCUT2D eigenvalue weighted by Crippen LogP contribution is -2.41. The molecule has 5 rings (SSSR count). The van der Waals surface area contributed by atoms with Gasteiger partial charge in [0.25, 0.3) is 11.8 Å². The highest BCUT2D eigenvalue weighted by molar-refractivity contribution is 7.17. The number of carbonyl (C=O) groups excluding carboxylic acids is 3. The Bertz CT molecular complexity index is 2040. The lowest BCUT2D eigenvalue weighted by atomic mass is 9.96. The van der Waals surface area contributed by atoms with E-state index >= 15 is 0 Å². The Morgan fingerprint density at radius 1 is 0.724 bits per heavy atom. The molecule has 0 fully saturated rings. The molecule has 3 amide bonds. The number of aromatic carboxylic acids is 1. The number of fused-ring (bicyclic) bond motifs is 1. The number of benzene rings is 3. The Morgan fingerprint density at radius 3 is 2.02 bits per heavy atom. The van der Waals surface area contributed by atoms with Gasteiger partial charge in [0.15, 0.2) is 0 Å². The first kappa shape index (κ1) is 43.8. The van der Waals surface area contributed by atoms with Crippen LogP contribution in [0.25, 0.3) is 0 Å². The predicted molar refractivity (Wildman–Crippen MR) is 229 cm³/mol. The zero-order valence-electron chi connectivity index (χ0n) is 33.9. The molecule has 0 atom stereocenters. The standard InChI is InChI=1S/C46H56N4O7S/c1-4-37(5-2)50(28-27-49(3)40(51)25-26-41(52)53)30-33-11-10-12-35(29-33)43(54)48-45-42(38-13-8-6-7-9-14-39(38)58-45)44(55)47-36-23-19-32(20-24-36)16-15-31-17-21-34(22-18-31)46(56)57/h10-12,17-24,29,37H,4-9,13-16,25-28,30H2,1-3H3,(H,47,55)(H,48,54)(H,52,53)(H,56,57). The van der Waals surface area contributed by atoms with Crippen molar-refractivity contribution in [2.75, 3.05) is 30.8 Å². The van der Waals surface area contributed by atoms with Gasteiger partial charge in [-0.25, -0.2) is 4.79 Å². The number of anilines is 2. The molecule has 0 spiro atoms. The van der Waals surface area contributed by atoms with Crippen LogP contribution >= 0.6 is 11.3 Å². The molecule has 0 aliphatic heterocycles. The Morgan fingerprint density at radius 2 is 1.38 bits per heavy atom. The van der Waals surface area contributed by atoms with Crippen LogP contribution < -0.4 is 10.6 Å². The molecule has 1 aliphatic rings. The molecule has 0 bridgehead atoms. The summed E-state index contributed by atoms with van der Waals surface area (Å²) in [4.78, 5) is 67.8. The topological polar surface area (TPSA) is 156 Å². The highest BCUT2D eigenvalue weighted by Gasteiger charge is 2.26. The van der Waals surface area contributed by atoms with Gasteiger partial charge in [0.1, 0.15) is 5.00 Å². The zero-order chi connectivity index (χ0) is 41.6. The number of aliphatic carboxylic acids is 1. The van der Waals surface area contributed by atoms with Gasteiger partial charge in [0.05, 0.1) is 17.5 Å². The minimum atomic E-state index is -0.992. The number of hydrogen-bond donors (Lipinski definition) is 4. The van der Waals surface area contributed by atoms with Crippen LogP contribution in [0.2, 0.25) is 0 Å². The first-order valence-corrected chi connectivity index (χ1v) is 21.2. The normalized spacial score (nSPS) is 12.7. The van der Waals surface area contributed by atoms with Gasteiger partial charge in [-0.3, -0.25) is 24.1 Å². The van der Waals surface area contributed by atoms with Crippen LogP contribution in [0, 0.1) is 0 Å². The summed E-state index contributed by atoms with van der Waals surface area (Å²) in [5, 5.41) is 24.9. The van der Waals surface area contributed by atoms with Crippen molar-refractivity contribution in [3.63, 3.8) is 0 Å². The number of carbonyl (C=O) groups is 5. The lowest BCUT2D eigenvalue weighted by Gasteiger charge is -2.32. The summed E-state index contributed by atoms with van der Waals surface area (Å²) in [5.74, 6) is -2.67. The summed E-state index contributed by atoms with van der Waals surface area (Å²) in [6.45, 7) is 5.90. The van der Waals surface area contributed by atoms with Crippen molar-refractivity contribution in [1.82, 2.24) is 9.80 Å². The van der Waals surface area contributed by atoms with Crippen molar-refractivity contribution in [1.29, 1.82) is 0 Å². The number of amides is 3. The number of rotatable bonds is 19. The van der Waals surface area contributed by atoms with E-state index in [9.17, 15) is 24.0 Å². The lowest BCUT2D eigenvalue weighted by molar-refractivity contribution is -0.140. The van der Waals surface area contributed by atoms with Gasteiger partial charge < -0.3 is 25.7 Å². The monoisotopic (exact) mass is 808 g/mol. The highest BCUT2D eigenvalue weighted by Crippen LogP contribution is 2.38. The fourth-order valence-corrected chi connectivity index (χ4v) is 8.80. The van der Waals surface area contributed by atoms with Crippen LogP contribution in [0.3, 0.4) is 0 Å². The van der Waals surface area contributed by atoms with Gasteiger partial charge in [-0.2, -0.15) is 0 Å². The van der Waals surface area contributed by atoms with Crippen LogP contribution in [-0.2, 0) is 41.8 Å². The number of aryl methyl sites for hydroxylation is 3. The predicted octanol–water partition coefficient (Wildman–Crippen LogP) is 8.71. The van der Waals surface area contributed by atoms with Crippen molar-refractivity contribution in [2.24, 2.45) is 0 Å². The molecule has 12 heteroatoms. The minimum Gasteiger partial charge on any atom is -0.481 e. The Kier molecular flexibility index (Phi) is 16.2. The molecular weight excluding hydrogens is 753 g/mol. The highest BCUT2D eigenvalue weighted by atomic mass is 32.1. The molecule has 3 aromatic carbocycles. The Labute approximate surface area is 345 Å². The van der Waals surface area contributed by atoms with Crippen LogP contribution in [0.5, 0.6) is 0 Å². The maximum absolute atomic E-state index is 14.1. The Balaban J connectivity index is 1.28. The van der Waals surface area contributed by atoms with E-state index in [1.54, 1.807) is 30.1 Å². The Hall–Kier alpha value is -5.33. The van der Waals surface area contributed by atoms with Crippen LogP contribution in [0.15, 0.2) is 72.8 Å². The van der Waals surface area contributed by atoms with Gasteiger partial charge in [-0.1, -0.05) is 63.1 Å². The number of carboxylic acids is 2. The molecule has 1 heterocycles. The third-order valence-electron chi connectivity index (χ3n) is 11.0. The molecule has 0 unspecified atom stereocenters. The fraction of sp³-hybridized carbons (Fsp3) is 0.413. The second-order valence-electron chi connectivity index (χ2n) is 15.1. The van der Waals surface area contributed by atoms with E-state index < -0.39 is 11.9 Å². The first-order chi connectivity index (χ1) is 27.9. The van der Waals surface area contributed by atoms with Crippen LogP contribution in [0.1, 0.15) is 123 Å². The van der Waals surface area contributed by atoms with Crippen molar-refractivity contribution < 1.29 is 34.2 Å². The smallest absolute Gasteiger partial charge is 0.335 e. The number of nitrogens with one attached hydrogen (secondary N) is 2. The van der Waals surface area contributed by atoms with E-state index in [-0.39, 0.29) is 42.2 Å². The van der Waals surface area contributed by atoms with Crippen LogP contribution in [-0.4, -0.2) is 75.9 Å². The molecular formula is C46H56N4O7S. The number of hydrogen-bond acceptors (Lipinski definition) is 7. The third-order valence-corrected chi connectivity index (χ3v) is 12.2. The summed E-state index contributed by atoms with van der Waals surface area (Å²) < 4.78 is 0. The number of likely N-dealkylation sites (N-methyl/N-ethyl adjacent to an activating group) is 1. The molecule has 308 valence electrons. The maximum Gasteiger partial charge on any atom is 0.335 e. The van der Waals surface area contributed by atoms with Gasteiger partial charge >= 0.3 is 11.9 Å². The van der Waals surface area contributed by atoms with E-state index in [2.05, 4.69) is 29.4 Å². The average Bonchev–Trinajstić information content (AvgIpc) is 3.54. The second kappa shape index (κ2) is 21.4. The summed E-state index contributed by atoms with van der Waals surface area (Å²) >= 11 is 1.50. The molecule has 11 nitrogen and oxygen atoms in total. The van der Waals surface area contributed by atoms with Crippen molar-refractivity contribution in [3.8, 4) is 0 Å². The molecule has 0 saturated heterocycles. The maximum atomic E-state index is 14.1. The van der Waals surface area contributed by atoms with Gasteiger partial charge in [0.2, 0.25) is 5.91 Å². The van der Waals surface area contributed by atoms with E-state index in [0.29, 0.717) is 41.4 Å². The van der Waals surface area contributed by atoms with E-state index in [1.807, 2.05) is 54.6 Å². The number of nitrogens with zero attached hydrogens (tertiary/aromatic N) is 2. The summed E-state index contributed by atoms with van der Waals surface area (Å²) in [6.07, 6.45) is 9.02. The van der Waals surface area contributed by atoms with Crippen molar-refractivity contribution in [2.45, 2.75) is 103 Å². The van der Waals surface area contributed by atoms with Crippen molar-refractivity contribution >= 4 is 51.7 Å². The fourth-order valence-electron chi connectivity index (χ4n) is 7.52. The minimum absolute atomic E-state index is 0.0331. The van der Waals surface area contributed by atoms with Crippen molar-refractivity contribution in [3.05, 3.63) is 117 Å². The van der Waals surface area contributed by atoms with E-state index in [1.165, 1.54) is 11.3 Å². The third kappa shape index (κ3) is 12.3. The molecule has 1 aliphatic carbocycles. The largest absolute Gasteiger partial charge is 0.481 e. The number of carboxylic acid groups (broad SMARTS) is 2. The molecule has 0 saturated carbocycles. The number of thiophene rings is 1. The van der Waals surface area contributed by atoms with Gasteiger partial charge in [-0.15, -0.1) is 11.3 Å². The molecule has 0 radical (unpaired) electrons. The first-order valence-electron chi connectivity index (χ1n) is 20.4. The van der Waals surface area contributed by atoms with E-state index in [0.717, 1.165) is 91.3 Å².